The molecule has 33 heavy (non-hydrogen) atoms. The zero-order valence-electron chi connectivity index (χ0n) is 18.8. The normalized spacial score (nSPS) is 19.5. The summed E-state index contributed by atoms with van der Waals surface area (Å²) in [5.41, 5.74) is 0.170. The molecular weight excluding hydrogens is 450 g/mol. The van der Waals surface area contributed by atoms with Crippen LogP contribution in [0, 0.1) is 0 Å². The molecule has 0 spiro atoms. The Balaban J connectivity index is 1.85. The monoisotopic (exact) mass is 479 g/mol. The Morgan fingerprint density at radius 1 is 1.06 bits per heavy atom. The van der Waals surface area contributed by atoms with Crippen LogP contribution >= 0.6 is 0 Å². The first-order chi connectivity index (χ1) is 15.8. The second-order valence-electron chi connectivity index (χ2n) is 7.71. The number of sulfonamides is 1. The van der Waals surface area contributed by atoms with E-state index in [-0.39, 0.29) is 28.3 Å². The molecule has 1 fully saturated rings. The summed E-state index contributed by atoms with van der Waals surface area (Å²) in [6.07, 6.45) is 2.93. The van der Waals surface area contributed by atoms with Gasteiger partial charge in [-0.3, -0.25) is 0 Å². The van der Waals surface area contributed by atoms with Crippen molar-refractivity contribution in [1.29, 1.82) is 0 Å². The Kier molecular flexibility index (Phi) is 8.09. The molecule has 2 N–H and O–H groups in total. The topological polar surface area (TPSA) is 131 Å². The third kappa shape index (κ3) is 5.53. The molecular formula is C22H29N3O7S. The minimum atomic E-state index is -3.87. The maximum atomic E-state index is 13.1. The van der Waals surface area contributed by atoms with E-state index in [1.165, 1.54) is 16.4 Å². The standard InChI is InChI=1S/C22H29N3O7S/c1-3-16-19(21(27)31-4-2)17(24-22(28)23-16)14-32-20(26)15-10-6-7-11-18(15)33(29,30)25-12-8-5-9-13-25/h6-7,10-11,16H,3-5,8-9,12-14H2,1-2H3,(H2,23,24,28)/t16-/m0/s1. The molecule has 0 aliphatic carbocycles. The lowest BCUT2D eigenvalue weighted by atomic mass is 10.0. The van der Waals surface area contributed by atoms with Gasteiger partial charge in [0.05, 0.1) is 34.4 Å². The number of nitrogens with one attached hydrogen (secondary N) is 2. The fourth-order valence-corrected chi connectivity index (χ4v) is 5.59. The second kappa shape index (κ2) is 10.8. The summed E-state index contributed by atoms with van der Waals surface area (Å²) < 4.78 is 38.1. The minimum absolute atomic E-state index is 0.103. The Morgan fingerprint density at radius 2 is 1.76 bits per heavy atom. The maximum Gasteiger partial charge on any atom is 0.339 e. The Bertz CT molecular complexity index is 1050. The smallest absolute Gasteiger partial charge is 0.339 e. The molecule has 2 heterocycles. The zero-order valence-corrected chi connectivity index (χ0v) is 19.6. The van der Waals surface area contributed by atoms with E-state index >= 15 is 0 Å². The highest BCUT2D eigenvalue weighted by atomic mass is 32.2. The Morgan fingerprint density at radius 3 is 2.42 bits per heavy atom. The van der Waals surface area contributed by atoms with Crippen LogP contribution in [0.2, 0.25) is 0 Å². The van der Waals surface area contributed by atoms with Gasteiger partial charge in [0.25, 0.3) is 0 Å². The van der Waals surface area contributed by atoms with Crippen molar-refractivity contribution in [2.75, 3.05) is 26.3 Å². The van der Waals surface area contributed by atoms with Crippen LogP contribution < -0.4 is 10.6 Å². The SMILES string of the molecule is CCOC(=O)C1=C(COC(=O)c2ccccc2S(=O)(=O)N2CCCCC2)NC(=O)N[C@H]1CC. The van der Waals surface area contributed by atoms with Gasteiger partial charge in [-0.1, -0.05) is 25.5 Å². The summed E-state index contributed by atoms with van der Waals surface area (Å²) >= 11 is 0. The van der Waals surface area contributed by atoms with Gasteiger partial charge < -0.3 is 20.1 Å². The number of piperidine rings is 1. The van der Waals surface area contributed by atoms with Crippen molar-refractivity contribution >= 4 is 28.0 Å². The number of ether oxygens (including phenoxy) is 2. The van der Waals surface area contributed by atoms with Gasteiger partial charge in [0.2, 0.25) is 10.0 Å². The lowest BCUT2D eigenvalue weighted by Gasteiger charge is -2.28. The van der Waals surface area contributed by atoms with Gasteiger partial charge in [-0.05, 0) is 38.3 Å². The third-order valence-corrected chi connectivity index (χ3v) is 7.49. The number of carbonyl (C=O) groups is 3. The molecule has 1 atom stereocenters. The lowest BCUT2D eigenvalue weighted by Crippen LogP contribution is -2.51. The van der Waals surface area contributed by atoms with E-state index in [0.717, 1.165) is 19.3 Å². The molecule has 2 aliphatic rings. The zero-order chi connectivity index (χ0) is 24.0. The molecule has 0 saturated carbocycles. The first-order valence-corrected chi connectivity index (χ1v) is 12.5. The number of hydrogen-bond donors (Lipinski definition) is 2. The number of rotatable bonds is 8. The van der Waals surface area contributed by atoms with E-state index in [4.69, 9.17) is 9.47 Å². The van der Waals surface area contributed by atoms with Gasteiger partial charge in [-0.2, -0.15) is 4.31 Å². The Hall–Kier alpha value is -2.92. The van der Waals surface area contributed by atoms with Gasteiger partial charge in [0.1, 0.15) is 6.61 Å². The van der Waals surface area contributed by atoms with E-state index < -0.39 is 40.6 Å². The molecule has 1 aromatic rings. The van der Waals surface area contributed by atoms with Crippen molar-refractivity contribution in [3.63, 3.8) is 0 Å². The van der Waals surface area contributed by atoms with Crippen molar-refractivity contribution in [2.24, 2.45) is 0 Å². The highest BCUT2D eigenvalue weighted by Gasteiger charge is 2.33. The minimum Gasteiger partial charge on any atom is -0.463 e. The van der Waals surface area contributed by atoms with Crippen LogP contribution in [0.4, 0.5) is 4.79 Å². The van der Waals surface area contributed by atoms with Crippen molar-refractivity contribution in [3.8, 4) is 0 Å². The van der Waals surface area contributed by atoms with Gasteiger partial charge in [0.15, 0.2) is 0 Å². The summed E-state index contributed by atoms with van der Waals surface area (Å²) in [5, 5.41) is 5.13. The lowest BCUT2D eigenvalue weighted by molar-refractivity contribution is -0.139. The van der Waals surface area contributed by atoms with Crippen LogP contribution in [-0.4, -0.2) is 63.0 Å². The van der Waals surface area contributed by atoms with Crippen LogP contribution in [0.25, 0.3) is 0 Å². The van der Waals surface area contributed by atoms with Crippen molar-refractivity contribution in [3.05, 3.63) is 41.1 Å². The summed E-state index contributed by atoms with van der Waals surface area (Å²) in [6, 6.07) is 4.73. The molecule has 180 valence electrons. The number of urea groups is 1. The van der Waals surface area contributed by atoms with Crippen LogP contribution in [0.3, 0.4) is 0 Å². The predicted molar refractivity (Wildman–Crippen MR) is 119 cm³/mol. The fraction of sp³-hybridized carbons (Fsp3) is 0.500. The van der Waals surface area contributed by atoms with E-state index in [9.17, 15) is 22.8 Å². The average Bonchev–Trinajstić information content (AvgIpc) is 2.82. The van der Waals surface area contributed by atoms with E-state index in [2.05, 4.69) is 10.6 Å². The van der Waals surface area contributed by atoms with Crippen LogP contribution in [0.1, 0.15) is 49.9 Å². The molecule has 1 saturated heterocycles. The molecule has 10 nitrogen and oxygen atoms in total. The van der Waals surface area contributed by atoms with E-state index in [1.807, 2.05) is 0 Å². The fourth-order valence-electron chi connectivity index (χ4n) is 3.90. The maximum absolute atomic E-state index is 13.1. The number of benzene rings is 1. The summed E-state index contributed by atoms with van der Waals surface area (Å²) in [5.74, 6) is -1.50. The number of nitrogens with zero attached hydrogens (tertiary/aromatic N) is 1. The Labute approximate surface area is 193 Å². The molecule has 3 rings (SSSR count). The van der Waals surface area contributed by atoms with E-state index in [1.54, 1.807) is 26.0 Å². The number of esters is 2. The van der Waals surface area contributed by atoms with Gasteiger partial charge in [-0.15, -0.1) is 0 Å². The van der Waals surface area contributed by atoms with Crippen molar-refractivity contribution in [1.82, 2.24) is 14.9 Å². The van der Waals surface area contributed by atoms with Crippen LogP contribution in [-0.2, 0) is 24.3 Å². The molecule has 2 aliphatic heterocycles. The molecule has 2 amide bonds. The summed E-state index contributed by atoms with van der Waals surface area (Å²) in [4.78, 5) is 37.2. The highest BCUT2D eigenvalue weighted by molar-refractivity contribution is 7.89. The number of carbonyl (C=O) groups excluding carboxylic acids is 3. The average molecular weight is 480 g/mol. The second-order valence-corrected chi connectivity index (χ2v) is 9.62. The molecule has 0 unspecified atom stereocenters. The summed E-state index contributed by atoms with van der Waals surface area (Å²) in [6.45, 7) is 3.98. The number of hydrogen-bond acceptors (Lipinski definition) is 7. The van der Waals surface area contributed by atoms with Crippen molar-refractivity contribution < 1.29 is 32.3 Å². The largest absolute Gasteiger partial charge is 0.463 e. The molecule has 1 aromatic carbocycles. The first-order valence-electron chi connectivity index (χ1n) is 11.0. The highest BCUT2D eigenvalue weighted by Crippen LogP contribution is 2.25. The van der Waals surface area contributed by atoms with E-state index in [0.29, 0.717) is 19.5 Å². The molecule has 0 aromatic heterocycles. The molecule has 11 heteroatoms. The van der Waals surface area contributed by atoms with Crippen molar-refractivity contribution in [2.45, 2.75) is 50.5 Å². The van der Waals surface area contributed by atoms with Gasteiger partial charge >= 0.3 is 18.0 Å². The molecule has 0 radical (unpaired) electrons. The predicted octanol–water partition coefficient (Wildman–Crippen LogP) is 1.93. The first kappa shape index (κ1) is 24.7. The van der Waals surface area contributed by atoms with Crippen LogP contribution in [0.5, 0.6) is 0 Å². The quantitative estimate of drug-likeness (QED) is 0.545. The number of amides is 2. The van der Waals surface area contributed by atoms with Gasteiger partial charge in [0, 0.05) is 13.1 Å². The third-order valence-electron chi connectivity index (χ3n) is 5.53. The van der Waals surface area contributed by atoms with Gasteiger partial charge in [-0.25, -0.2) is 22.8 Å². The molecule has 0 bridgehead atoms. The summed E-state index contributed by atoms with van der Waals surface area (Å²) in [7, 11) is -3.87. The van der Waals surface area contributed by atoms with Crippen LogP contribution in [0.15, 0.2) is 40.4 Å².